The molecule has 0 radical (unpaired) electrons. The third-order valence-corrected chi connectivity index (χ3v) is 8.36. The molecule has 3 fully saturated rings. The maximum atomic E-state index is 6.12. The average Bonchev–Trinajstić information content (AvgIpc) is 2.70. The zero-order valence-electron chi connectivity index (χ0n) is 18.3. The SMILES string of the molecule is CC.CC(C1CCC(N)CC1)C1CCCC(C(C)C2CCC(N)CC2)C1. The van der Waals surface area contributed by atoms with Crippen LogP contribution in [0.25, 0.3) is 0 Å². The summed E-state index contributed by atoms with van der Waals surface area (Å²) in [6.45, 7) is 9.14. The smallest absolute Gasteiger partial charge is 0.00390 e. The minimum Gasteiger partial charge on any atom is -0.328 e. The quantitative estimate of drug-likeness (QED) is 0.630. The Morgan fingerprint density at radius 3 is 1.23 bits per heavy atom. The molecule has 0 spiro atoms. The lowest BCUT2D eigenvalue weighted by Crippen LogP contribution is -2.35. The predicted molar refractivity (Wildman–Crippen MR) is 115 cm³/mol. The Bertz CT molecular complexity index is 332. The summed E-state index contributed by atoms with van der Waals surface area (Å²) in [6.07, 6.45) is 16.6. The maximum Gasteiger partial charge on any atom is 0.00390 e. The van der Waals surface area contributed by atoms with Crippen LogP contribution < -0.4 is 11.5 Å². The number of hydrogen-bond donors (Lipinski definition) is 2. The lowest BCUT2D eigenvalue weighted by Gasteiger charge is -2.43. The second kappa shape index (κ2) is 11.1. The van der Waals surface area contributed by atoms with E-state index >= 15 is 0 Å². The maximum absolute atomic E-state index is 6.12. The fourth-order valence-electron chi connectivity index (χ4n) is 6.33. The van der Waals surface area contributed by atoms with E-state index in [0.717, 1.165) is 35.5 Å². The molecule has 2 nitrogen and oxygen atoms in total. The average molecular weight is 365 g/mol. The lowest BCUT2D eigenvalue weighted by atomic mass is 9.63. The molecular weight excluding hydrogens is 316 g/mol. The molecule has 3 aliphatic rings. The van der Waals surface area contributed by atoms with Crippen LogP contribution in [-0.2, 0) is 0 Å². The van der Waals surface area contributed by atoms with Crippen LogP contribution in [0.1, 0.15) is 105 Å². The van der Waals surface area contributed by atoms with Crippen molar-refractivity contribution in [2.45, 2.75) is 117 Å². The summed E-state index contributed by atoms with van der Waals surface area (Å²) in [5.41, 5.74) is 12.2. The van der Waals surface area contributed by atoms with Crippen LogP contribution in [0.4, 0.5) is 0 Å². The van der Waals surface area contributed by atoms with E-state index in [4.69, 9.17) is 11.5 Å². The molecule has 3 saturated carbocycles. The molecule has 0 bridgehead atoms. The summed E-state index contributed by atoms with van der Waals surface area (Å²) in [5.74, 6) is 5.72. The molecule has 3 aliphatic carbocycles. The standard InChI is InChI=1S/C22H42N2.C2H6/c1-15(17-6-10-21(23)11-7-17)19-4-3-5-20(14-19)16(2)18-8-12-22(24)13-9-18;1-2/h15-22H,3-14,23-24H2,1-2H3;1-2H3. The molecule has 154 valence electrons. The molecule has 0 aromatic heterocycles. The fraction of sp³-hybridized carbons (Fsp3) is 1.00. The van der Waals surface area contributed by atoms with E-state index in [1.54, 1.807) is 0 Å². The van der Waals surface area contributed by atoms with Gasteiger partial charge in [-0.2, -0.15) is 0 Å². The first-order valence-electron chi connectivity index (χ1n) is 12.1. The molecule has 4 N–H and O–H groups in total. The number of rotatable bonds is 4. The highest BCUT2D eigenvalue weighted by atomic mass is 14.6. The van der Waals surface area contributed by atoms with Gasteiger partial charge in [0.2, 0.25) is 0 Å². The van der Waals surface area contributed by atoms with Crippen LogP contribution >= 0.6 is 0 Å². The molecular formula is C24H48N2. The van der Waals surface area contributed by atoms with Crippen molar-refractivity contribution in [3.63, 3.8) is 0 Å². The first-order valence-corrected chi connectivity index (χ1v) is 12.1. The van der Waals surface area contributed by atoms with Crippen molar-refractivity contribution in [1.29, 1.82) is 0 Å². The minimum absolute atomic E-state index is 0.491. The van der Waals surface area contributed by atoms with Crippen LogP contribution in [-0.4, -0.2) is 12.1 Å². The van der Waals surface area contributed by atoms with Crippen molar-refractivity contribution in [3.8, 4) is 0 Å². The van der Waals surface area contributed by atoms with Gasteiger partial charge in [-0.15, -0.1) is 0 Å². The highest BCUT2D eigenvalue weighted by Crippen LogP contribution is 2.45. The molecule has 0 heterocycles. The summed E-state index contributed by atoms with van der Waals surface area (Å²) in [4.78, 5) is 0. The molecule has 4 atom stereocenters. The van der Waals surface area contributed by atoms with Gasteiger partial charge in [0.1, 0.15) is 0 Å². The third kappa shape index (κ3) is 5.96. The van der Waals surface area contributed by atoms with Crippen LogP contribution in [0.5, 0.6) is 0 Å². The summed E-state index contributed by atoms with van der Waals surface area (Å²) >= 11 is 0. The molecule has 2 heteroatoms. The highest BCUT2D eigenvalue weighted by Gasteiger charge is 2.36. The molecule has 26 heavy (non-hydrogen) atoms. The van der Waals surface area contributed by atoms with E-state index in [2.05, 4.69) is 13.8 Å². The Kier molecular flexibility index (Phi) is 9.44. The van der Waals surface area contributed by atoms with Crippen molar-refractivity contribution in [2.75, 3.05) is 0 Å². The number of nitrogens with two attached hydrogens (primary N) is 2. The van der Waals surface area contributed by atoms with Crippen molar-refractivity contribution < 1.29 is 0 Å². The first kappa shape index (κ1) is 22.2. The Morgan fingerprint density at radius 1 is 0.538 bits per heavy atom. The van der Waals surface area contributed by atoms with Gasteiger partial charge in [-0.25, -0.2) is 0 Å². The van der Waals surface area contributed by atoms with Crippen molar-refractivity contribution in [1.82, 2.24) is 0 Å². The molecule has 0 amide bonds. The second-order valence-electron chi connectivity index (χ2n) is 9.75. The van der Waals surface area contributed by atoms with Gasteiger partial charge < -0.3 is 11.5 Å². The Morgan fingerprint density at radius 2 is 0.885 bits per heavy atom. The largest absolute Gasteiger partial charge is 0.328 e. The minimum atomic E-state index is 0.491. The van der Waals surface area contributed by atoms with Gasteiger partial charge in [0, 0.05) is 12.1 Å². The van der Waals surface area contributed by atoms with Gasteiger partial charge in [-0.3, -0.25) is 0 Å². The van der Waals surface area contributed by atoms with Crippen LogP contribution in [0.15, 0.2) is 0 Å². The predicted octanol–water partition coefficient (Wildman–Crippen LogP) is 6.13. The van der Waals surface area contributed by atoms with Gasteiger partial charge in [0.15, 0.2) is 0 Å². The second-order valence-corrected chi connectivity index (χ2v) is 9.75. The topological polar surface area (TPSA) is 52.0 Å². The van der Waals surface area contributed by atoms with E-state index in [1.165, 1.54) is 77.0 Å². The van der Waals surface area contributed by atoms with Gasteiger partial charge in [-0.05, 0) is 93.3 Å². The molecule has 0 aromatic rings. The summed E-state index contributed by atoms with van der Waals surface area (Å²) in [7, 11) is 0. The zero-order chi connectivity index (χ0) is 19.1. The number of hydrogen-bond acceptors (Lipinski definition) is 2. The summed E-state index contributed by atoms with van der Waals surface area (Å²) in [6, 6.07) is 0.982. The van der Waals surface area contributed by atoms with Gasteiger partial charge in [0.25, 0.3) is 0 Å². The van der Waals surface area contributed by atoms with Crippen molar-refractivity contribution >= 4 is 0 Å². The Hall–Kier alpha value is -0.0800. The summed E-state index contributed by atoms with van der Waals surface area (Å²) in [5, 5.41) is 0. The van der Waals surface area contributed by atoms with Gasteiger partial charge in [-0.1, -0.05) is 47.0 Å². The molecule has 0 aromatic carbocycles. The van der Waals surface area contributed by atoms with E-state index < -0.39 is 0 Å². The van der Waals surface area contributed by atoms with Crippen LogP contribution in [0, 0.1) is 35.5 Å². The monoisotopic (exact) mass is 364 g/mol. The molecule has 3 rings (SSSR count). The molecule has 4 unspecified atom stereocenters. The van der Waals surface area contributed by atoms with Gasteiger partial charge >= 0.3 is 0 Å². The van der Waals surface area contributed by atoms with Crippen LogP contribution in [0.3, 0.4) is 0 Å². The van der Waals surface area contributed by atoms with E-state index in [-0.39, 0.29) is 0 Å². The van der Waals surface area contributed by atoms with Crippen LogP contribution in [0.2, 0.25) is 0 Å². The Balaban J connectivity index is 0.00000117. The third-order valence-electron chi connectivity index (χ3n) is 8.36. The highest BCUT2D eigenvalue weighted by molar-refractivity contribution is 4.87. The fourth-order valence-corrected chi connectivity index (χ4v) is 6.33. The summed E-state index contributed by atoms with van der Waals surface area (Å²) < 4.78 is 0. The first-order chi connectivity index (χ1) is 12.5. The lowest BCUT2D eigenvalue weighted by molar-refractivity contribution is 0.0834. The Labute approximate surface area is 164 Å². The molecule has 0 saturated heterocycles. The zero-order valence-corrected chi connectivity index (χ0v) is 18.3. The van der Waals surface area contributed by atoms with Gasteiger partial charge in [0.05, 0.1) is 0 Å². The molecule has 0 aliphatic heterocycles. The van der Waals surface area contributed by atoms with E-state index in [1.807, 2.05) is 13.8 Å². The normalized spacial score (nSPS) is 40.8. The van der Waals surface area contributed by atoms with Crippen molar-refractivity contribution in [3.05, 3.63) is 0 Å². The van der Waals surface area contributed by atoms with Crippen molar-refractivity contribution in [2.24, 2.45) is 47.0 Å². The van der Waals surface area contributed by atoms with E-state index in [0.29, 0.717) is 12.1 Å². The van der Waals surface area contributed by atoms with E-state index in [9.17, 15) is 0 Å².